The molecule has 2 bridgehead atoms. The van der Waals surface area contributed by atoms with Crippen molar-refractivity contribution in [3.8, 4) is 0 Å². The normalized spacial score (nSPS) is 27.9. The van der Waals surface area contributed by atoms with Crippen LogP contribution in [0, 0.1) is 5.92 Å². The summed E-state index contributed by atoms with van der Waals surface area (Å²) in [6.45, 7) is 7.06. The molecule has 1 saturated heterocycles. The molecule has 1 aliphatic carbocycles. The fourth-order valence-corrected chi connectivity index (χ4v) is 4.47. The van der Waals surface area contributed by atoms with Crippen LogP contribution >= 0.6 is 0 Å². The summed E-state index contributed by atoms with van der Waals surface area (Å²) >= 11 is 0. The van der Waals surface area contributed by atoms with E-state index in [1.807, 2.05) is 0 Å². The minimum absolute atomic E-state index is 0.482. The first-order valence-corrected chi connectivity index (χ1v) is 8.87. The van der Waals surface area contributed by atoms with Gasteiger partial charge < -0.3 is 5.32 Å². The Balaban J connectivity index is 1.79. The number of hydrogen-bond donors (Lipinski definition) is 1. The maximum absolute atomic E-state index is 3.83. The van der Waals surface area contributed by atoms with Crippen molar-refractivity contribution in [3.63, 3.8) is 0 Å². The molecule has 0 aromatic heterocycles. The lowest BCUT2D eigenvalue weighted by atomic mass is 9.94. The largest absolute Gasteiger partial charge is 0.309 e. The van der Waals surface area contributed by atoms with Gasteiger partial charge in [0, 0.05) is 24.7 Å². The molecular weight excluding hydrogens is 256 g/mol. The monoisotopic (exact) mass is 286 g/mol. The molecule has 1 aromatic carbocycles. The van der Waals surface area contributed by atoms with E-state index in [9.17, 15) is 0 Å². The molecule has 3 rings (SSSR count). The zero-order valence-corrected chi connectivity index (χ0v) is 13.6. The third kappa shape index (κ3) is 3.17. The first-order valence-electron chi connectivity index (χ1n) is 8.87. The number of benzene rings is 1. The second-order valence-corrected chi connectivity index (χ2v) is 6.85. The van der Waals surface area contributed by atoms with Gasteiger partial charge in [0.25, 0.3) is 0 Å². The highest BCUT2D eigenvalue weighted by Gasteiger charge is 2.42. The van der Waals surface area contributed by atoms with Crippen molar-refractivity contribution < 1.29 is 0 Å². The van der Waals surface area contributed by atoms with Crippen molar-refractivity contribution in [2.75, 3.05) is 13.1 Å². The van der Waals surface area contributed by atoms with Crippen molar-refractivity contribution in [1.82, 2.24) is 10.2 Å². The lowest BCUT2D eigenvalue weighted by Crippen LogP contribution is -2.48. The molecule has 1 aliphatic heterocycles. The van der Waals surface area contributed by atoms with Gasteiger partial charge in [0.05, 0.1) is 0 Å². The van der Waals surface area contributed by atoms with Gasteiger partial charge in [-0.25, -0.2) is 0 Å². The molecule has 0 amide bonds. The minimum atomic E-state index is 0.482. The summed E-state index contributed by atoms with van der Waals surface area (Å²) in [6, 6.07) is 13.1. The fraction of sp³-hybridized carbons (Fsp3) is 0.684. The lowest BCUT2D eigenvalue weighted by molar-refractivity contribution is 0.113. The van der Waals surface area contributed by atoms with Crippen LogP contribution in [0.3, 0.4) is 0 Å². The van der Waals surface area contributed by atoms with Gasteiger partial charge in [-0.15, -0.1) is 0 Å². The van der Waals surface area contributed by atoms with Crippen molar-refractivity contribution in [1.29, 1.82) is 0 Å². The van der Waals surface area contributed by atoms with Crippen molar-refractivity contribution in [2.24, 2.45) is 5.92 Å². The van der Waals surface area contributed by atoms with E-state index in [4.69, 9.17) is 0 Å². The average Bonchev–Trinajstić information content (AvgIpc) is 3.15. The fourth-order valence-electron chi connectivity index (χ4n) is 4.47. The van der Waals surface area contributed by atoms with Crippen LogP contribution in [-0.4, -0.2) is 30.1 Å². The van der Waals surface area contributed by atoms with Crippen LogP contribution in [0.15, 0.2) is 30.3 Å². The maximum atomic E-state index is 3.83. The second kappa shape index (κ2) is 6.93. The topological polar surface area (TPSA) is 15.3 Å². The van der Waals surface area contributed by atoms with Crippen LogP contribution in [0.4, 0.5) is 0 Å². The molecule has 0 radical (unpaired) electrons. The molecule has 116 valence electrons. The Labute approximate surface area is 129 Å². The summed E-state index contributed by atoms with van der Waals surface area (Å²) in [4.78, 5) is 2.83. The first kappa shape index (κ1) is 15.1. The SMILES string of the molecule is CCCNC(c1ccccc1)C(CC)N1CC2CCC1C2. The van der Waals surface area contributed by atoms with Crippen molar-refractivity contribution >= 4 is 0 Å². The average molecular weight is 286 g/mol. The molecule has 2 fully saturated rings. The summed E-state index contributed by atoms with van der Waals surface area (Å²) in [6.07, 6.45) is 6.78. The van der Waals surface area contributed by atoms with E-state index in [1.54, 1.807) is 0 Å². The van der Waals surface area contributed by atoms with Gasteiger partial charge in [-0.05, 0) is 50.1 Å². The molecular formula is C19H30N2. The van der Waals surface area contributed by atoms with Gasteiger partial charge >= 0.3 is 0 Å². The van der Waals surface area contributed by atoms with E-state index in [2.05, 4.69) is 54.4 Å². The number of likely N-dealkylation sites (tertiary alicyclic amines) is 1. The van der Waals surface area contributed by atoms with Crippen LogP contribution < -0.4 is 5.32 Å². The van der Waals surface area contributed by atoms with E-state index < -0.39 is 0 Å². The van der Waals surface area contributed by atoms with Crippen LogP contribution in [0.1, 0.15) is 57.6 Å². The Bertz CT molecular complexity index is 430. The van der Waals surface area contributed by atoms with Gasteiger partial charge in [-0.2, -0.15) is 0 Å². The van der Waals surface area contributed by atoms with E-state index in [0.29, 0.717) is 12.1 Å². The molecule has 1 heterocycles. The number of rotatable bonds is 7. The standard InChI is InChI=1S/C19H30N2/c1-3-12-20-19(16-8-6-5-7-9-16)18(4-2)21-14-15-10-11-17(21)13-15/h5-9,15,17-20H,3-4,10-14H2,1-2H3. The summed E-state index contributed by atoms with van der Waals surface area (Å²) in [7, 11) is 0. The number of hydrogen-bond acceptors (Lipinski definition) is 2. The second-order valence-electron chi connectivity index (χ2n) is 6.85. The Morgan fingerprint density at radius 2 is 2.00 bits per heavy atom. The molecule has 1 aromatic rings. The number of nitrogens with one attached hydrogen (secondary N) is 1. The van der Waals surface area contributed by atoms with E-state index in [0.717, 1.165) is 18.5 Å². The lowest BCUT2D eigenvalue weighted by Gasteiger charge is -2.40. The maximum Gasteiger partial charge on any atom is 0.0478 e. The summed E-state index contributed by atoms with van der Waals surface area (Å²) in [5.74, 6) is 0.978. The molecule has 1 N–H and O–H groups in total. The smallest absolute Gasteiger partial charge is 0.0478 e. The molecule has 0 spiro atoms. The van der Waals surface area contributed by atoms with Gasteiger partial charge in [0.1, 0.15) is 0 Å². The number of nitrogens with zero attached hydrogens (tertiary/aromatic N) is 1. The molecule has 4 unspecified atom stereocenters. The summed E-state index contributed by atoms with van der Waals surface area (Å²) < 4.78 is 0. The zero-order valence-electron chi connectivity index (χ0n) is 13.6. The Morgan fingerprint density at radius 1 is 1.19 bits per heavy atom. The number of fused-ring (bicyclic) bond motifs is 2. The molecule has 1 saturated carbocycles. The van der Waals surface area contributed by atoms with E-state index >= 15 is 0 Å². The molecule has 2 aliphatic rings. The van der Waals surface area contributed by atoms with Crippen molar-refractivity contribution in [3.05, 3.63) is 35.9 Å². The molecule has 4 atom stereocenters. The Kier molecular flexibility index (Phi) is 4.97. The van der Waals surface area contributed by atoms with Crippen LogP contribution in [0.5, 0.6) is 0 Å². The van der Waals surface area contributed by atoms with Gasteiger partial charge in [0.2, 0.25) is 0 Å². The summed E-state index contributed by atoms with van der Waals surface area (Å²) in [5, 5.41) is 3.83. The predicted octanol–water partition coefficient (Wildman–Crippen LogP) is 3.99. The predicted molar refractivity (Wildman–Crippen MR) is 89.4 cm³/mol. The van der Waals surface area contributed by atoms with Gasteiger partial charge in [-0.3, -0.25) is 4.90 Å². The molecule has 2 heteroatoms. The third-order valence-electron chi connectivity index (χ3n) is 5.45. The Morgan fingerprint density at radius 3 is 2.57 bits per heavy atom. The number of piperidine rings is 1. The zero-order chi connectivity index (χ0) is 14.7. The Hall–Kier alpha value is -0.860. The van der Waals surface area contributed by atoms with Crippen molar-refractivity contribution in [2.45, 2.75) is 64.1 Å². The highest BCUT2D eigenvalue weighted by atomic mass is 15.2. The molecule has 21 heavy (non-hydrogen) atoms. The highest BCUT2D eigenvalue weighted by Crippen LogP contribution is 2.41. The van der Waals surface area contributed by atoms with Crippen LogP contribution in [0.2, 0.25) is 0 Å². The van der Waals surface area contributed by atoms with Crippen LogP contribution in [-0.2, 0) is 0 Å². The first-order chi connectivity index (χ1) is 10.3. The van der Waals surface area contributed by atoms with E-state index in [-0.39, 0.29) is 0 Å². The van der Waals surface area contributed by atoms with E-state index in [1.165, 1.54) is 44.2 Å². The third-order valence-corrected chi connectivity index (χ3v) is 5.45. The quantitative estimate of drug-likeness (QED) is 0.815. The summed E-state index contributed by atoms with van der Waals surface area (Å²) in [5.41, 5.74) is 1.46. The highest BCUT2D eigenvalue weighted by molar-refractivity contribution is 5.21. The van der Waals surface area contributed by atoms with Crippen LogP contribution in [0.25, 0.3) is 0 Å². The molecule has 2 nitrogen and oxygen atoms in total. The minimum Gasteiger partial charge on any atom is -0.309 e. The van der Waals surface area contributed by atoms with Gasteiger partial charge in [-0.1, -0.05) is 44.2 Å². The van der Waals surface area contributed by atoms with Gasteiger partial charge in [0.15, 0.2) is 0 Å².